The van der Waals surface area contributed by atoms with Crippen molar-refractivity contribution in [2.45, 2.75) is 38.5 Å². The summed E-state index contributed by atoms with van der Waals surface area (Å²) < 4.78 is 0. The molecule has 2 atom stereocenters. The van der Waals surface area contributed by atoms with E-state index in [0.29, 0.717) is 13.0 Å². The van der Waals surface area contributed by atoms with Crippen LogP contribution in [0.3, 0.4) is 0 Å². The van der Waals surface area contributed by atoms with E-state index in [9.17, 15) is 9.59 Å². The molecule has 0 aromatic rings. The lowest BCUT2D eigenvalue weighted by Crippen LogP contribution is -2.35. The Bertz CT molecular complexity index is 340. The van der Waals surface area contributed by atoms with Gasteiger partial charge in [-0.2, -0.15) is 0 Å². The van der Waals surface area contributed by atoms with Gasteiger partial charge in [0.1, 0.15) is 0 Å². The van der Waals surface area contributed by atoms with E-state index in [1.807, 2.05) is 4.90 Å². The number of hydrogen-bond acceptors (Lipinski definition) is 2. The second kappa shape index (κ2) is 4.90. The summed E-state index contributed by atoms with van der Waals surface area (Å²) in [6.45, 7) is 2.32. The van der Waals surface area contributed by atoms with Crippen molar-refractivity contribution in [2.24, 2.45) is 17.8 Å². The molecule has 0 aromatic carbocycles. The van der Waals surface area contributed by atoms with E-state index in [4.69, 9.17) is 0 Å². The zero-order chi connectivity index (χ0) is 12.5. The molecular formula is C14H22N2O2. The molecule has 4 heteroatoms. The van der Waals surface area contributed by atoms with Crippen molar-refractivity contribution in [3.05, 3.63) is 0 Å². The van der Waals surface area contributed by atoms with Gasteiger partial charge in [0.05, 0.1) is 0 Å². The Morgan fingerprint density at radius 1 is 1.06 bits per heavy atom. The molecule has 1 heterocycles. The summed E-state index contributed by atoms with van der Waals surface area (Å²) >= 11 is 0. The van der Waals surface area contributed by atoms with Gasteiger partial charge >= 0.3 is 0 Å². The first-order valence-electron chi connectivity index (χ1n) is 7.29. The van der Waals surface area contributed by atoms with E-state index < -0.39 is 0 Å². The van der Waals surface area contributed by atoms with Gasteiger partial charge in [0, 0.05) is 32.0 Å². The number of hydrogen-bond donors (Lipinski definition) is 1. The van der Waals surface area contributed by atoms with E-state index in [1.54, 1.807) is 0 Å². The number of carbonyl (C=O) groups excluding carboxylic acids is 2. The van der Waals surface area contributed by atoms with Crippen LogP contribution in [0, 0.1) is 17.8 Å². The van der Waals surface area contributed by atoms with Crippen molar-refractivity contribution >= 4 is 11.8 Å². The minimum atomic E-state index is 0.177. The van der Waals surface area contributed by atoms with E-state index in [0.717, 1.165) is 50.6 Å². The van der Waals surface area contributed by atoms with Gasteiger partial charge in [0.15, 0.2) is 0 Å². The van der Waals surface area contributed by atoms with Gasteiger partial charge in [-0.05, 0) is 43.9 Å². The molecule has 3 aliphatic rings. The largest absolute Gasteiger partial charge is 0.355 e. The third-order valence-corrected chi connectivity index (χ3v) is 4.71. The standard InChI is InChI=1S/C14H22N2O2/c17-13(16-5-1-2-6-16)3-4-15-14(18)12-8-10-7-11(10)9-12/h10-12H,1-9H2,(H,15,18). The van der Waals surface area contributed by atoms with Crippen LogP contribution in [0.25, 0.3) is 0 Å². The number of carbonyl (C=O) groups is 2. The van der Waals surface area contributed by atoms with Gasteiger partial charge in [-0.3, -0.25) is 9.59 Å². The summed E-state index contributed by atoms with van der Waals surface area (Å²) in [6, 6.07) is 0. The Labute approximate surface area is 108 Å². The van der Waals surface area contributed by atoms with Gasteiger partial charge in [0.2, 0.25) is 11.8 Å². The van der Waals surface area contributed by atoms with Crippen molar-refractivity contribution < 1.29 is 9.59 Å². The van der Waals surface area contributed by atoms with Crippen LogP contribution in [0.5, 0.6) is 0 Å². The Kier molecular flexibility index (Phi) is 3.27. The molecule has 18 heavy (non-hydrogen) atoms. The van der Waals surface area contributed by atoms with Crippen molar-refractivity contribution in [3.8, 4) is 0 Å². The lowest BCUT2D eigenvalue weighted by Gasteiger charge is -2.16. The van der Waals surface area contributed by atoms with E-state index in [-0.39, 0.29) is 17.7 Å². The van der Waals surface area contributed by atoms with Gasteiger partial charge in [0.25, 0.3) is 0 Å². The summed E-state index contributed by atoms with van der Waals surface area (Å²) in [5.74, 6) is 2.29. The smallest absolute Gasteiger partial charge is 0.224 e. The quantitative estimate of drug-likeness (QED) is 0.814. The van der Waals surface area contributed by atoms with Crippen LogP contribution >= 0.6 is 0 Å². The van der Waals surface area contributed by atoms with E-state index >= 15 is 0 Å². The third kappa shape index (κ3) is 2.52. The van der Waals surface area contributed by atoms with Crippen LogP contribution in [0.1, 0.15) is 38.5 Å². The van der Waals surface area contributed by atoms with Crippen LogP contribution in [-0.4, -0.2) is 36.3 Å². The second-order valence-electron chi connectivity index (χ2n) is 6.05. The van der Waals surface area contributed by atoms with Crippen LogP contribution in [-0.2, 0) is 9.59 Å². The van der Waals surface area contributed by atoms with Gasteiger partial charge < -0.3 is 10.2 Å². The molecule has 100 valence electrons. The molecule has 0 spiro atoms. The maximum atomic E-state index is 11.9. The highest BCUT2D eigenvalue weighted by molar-refractivity contribution is 5.81. The maximum Gasteiger partial charge on any atom is 0.224 e. The van der Waals surface area contributed by atoms with Gasteiger partial charge in [-0.25, -0.2) is 0 Å². The molecule has 3 fully saturated rings. The fourth-order valence-corrected chi connectivity index (χ4v) is 3.49. The molecule has 1 saturated heterocycles. The molecule has 0 bridgehead atoms. The molecule has 1 aliphatic heterocycles. The van der Waals surface area contributed by atoms with Gasteiger partial charge in [-0.1, -0.05) is 0 Å². The SMILES string of the molecule is O=C(NCCC(=O)N1CCCC1)C1CC2CC2C1. The zero-order valence-electron chi connectivity index (χ0n) is 10.9. The molecule has 3 rings (SSSR count). The zero-order valence-corrected chi connectivity index (χ0v) is 10.9. The Morgan fingerprint density at radius 2 is 1.72 bits per heavy atom. The molecule has 2 amide bonds. The average molecular weight is 250 g/mol. The molecule has 0 radical (unpaired) electrons. The minimum absolute atomic E-state index is 0.177. The summed E-state index contributed by atoms with van der Waals surface area (Å²) in [5, 5.41) is 2.93. The van der Waals surface area contributed by atoms with E-state index in [2.05, 4.69) is 5.32 Å². The molecule has 2 aliphatic carbocycles. The fourth-order valence-electron chi connectivity index (χ4n) is 3.49. The maximum absolute atomic E-state index is 11.9. The first-order chi connectivity index (χ1) is 8.74. The number of likely N-dealkylation sites (tertiary alicyclic amines) is 1. The first kappa shape index (κ1) is 12.0. The summed E-state index contributed by atoms with van der Waals surface area (Å²) in [7, 11) is 0. The molecule has 1 N–H and O–H groups in total. The number of rotatable bonds is 4. The van der Waals surface area contributed by atoms with Gasteiger partial charge in [-0.15, -0.1) is 0 Å². The Balaban J connectivity index is 1.34. The Hall–Kier alpha value is -1.06. The van der Waals surface area contributed by atoms with Crippen molar-refractivity contribution in [2.75, 3.05) is 19.6 Å². The monoisotopic (exact) mass is 250 g/mol. The second-order valence-corrected chi connectivity index (χ2v) is 6.05. The fraction of sp³-hybridized carbons (Fsp3) is 0.857. The van der Waals surface area contributed by atoms with Crippen LogP contribution < -0.4 is 5.32 Å². The minimum Gasteiger partial charge on any atom is -0.355 e. The lowest BCUT2D eigenvalue weighted by molar-refractivity contribution is -0.130. The van der Waals surface area contributed by atoms with Crippen LogP contribution in [0.4, 0.5) is 0 Å². The number of amides is 2. The highest BCUT2D eigenvalue weighted by Gasteiger charge is 2.47. The summed E-state index contributed by atoms with van der Waals surface area (Å²) in [5.41, 5.74) is 0. The van der Waals surface area contributed by atoms with E-state index in [1.165, 1.54) is 6.42 Å². The van der Waals surface area contributed by atoms with Crippen molar-refractivity contribution in [1.29, 1.82) is 0 Å². The predicted octanol–water partition coefficient (Wildman–Crippen LogP) is 1.16. The molecule has 2 saturated carbocycles. The number of fused-ring (bicyclic) bond motifs is 1. The van der Waals surface area contributed by atoms with Crippen molar-refractivity contribution in [3.63, 3.8) is 0 Å². The number of nitrogens with one attached hydrogen (secondary N) is 1. The van der Waals surface area contributed by atoms with Crippen LogP contribution in [0.15, 0.2) is 0 Å². The summed E-state index contributed by atoms with van der Waals surface area (Å²) in [6.07, 6.45) is 6.22. The van der Waals surface area contributed by atoms with Crippen molar-refractivity contribution in [1.82, 2.24) is 10.2 Å². The highest BCUT2D eigenvalue weighted by Crippen LogP contribution is 2.54. The molecular weight excluding hydrogens is 228 g/mol. The third-order valence-electron chi connectivity index (χ3n) is 4.71. The number of nitrogens with zero attached hydrogens (tertiary/aromatic N) is 1. The highest BCUT2D eigenvalue weighted by atomic mass is 16.2. The topological polar surface area (TPSA) is 49.4 Å². The normalized spacial score (nSPS) is 33.3. The lowest BCUT2D eigenvalue weighted by atomic mass is 10.0. The predicted molar refractivity (Wildman–Crippen MR) is 67.8 cm³/mol. The first-order valence-corrected chi connectivity index (χ1v) is 7.29. The molecule has 4 nitrogen and oxygen atoms in total. The Morgan fingerprint density at radius 3 is 2.39 bits per heavy atom. The average Bonchev–Trinajstić information content (AvgIpc) is 2.86. The van der Waals surface area contributed by atoms with Crippen LogP contribution in [0.2, 0.25) is 0 Å². The molecule has 0 aromatic heterocycles. The molecule has 2 unspecified atom stereocenters. The summed E-state index contributed by atoms with van der Waals surface area (Å²) in [4.78, 5) is 25.6.